The molecule has 30 heavy (non-hydrogen) atoms. The molecule has 0 unspecified atom stereocenters. The smallest absolute Gasteiger partial charge is 0.327 e. The number of carbonyl (C=O) groups is 1. The maximum atomic E-state index is 14.3. The van der Waals surface area contributed by atoms with Crippen molar-refractivity contribution in [3.8, 4) is 0 Å². The van der Waals surface area contributed by atoms with Crippen LogP contribution in [-0.2, 0) is 26.1 Å². The third kappa shape index (κ3) is 3.54. The van der Waals surface area contributed by atoms with Crippen LogP contribution in [0.4, 0.5) is 22.0 Å². The zero-order chi connectivity index (χ0) is 22.3. The largest absolute Gasteiger partial charge is 0.465 e. The fraction of sp³-hybridized carbons (Fsp3) is 0.333. The van der Waals surface area contributed by atoms with Gasteiger partial charge in [0.25, 0.3) is 10.0 Å². The molecule has 1 heterocycles. The lowest BCUT2D eigenvalue weighted by atomic mass is 10.2. The number of hydrogen-bond acceptors (Lipinski definition) is 5. The molecule has 0 radical (unpaired) electrons. The number of rotatable bonds is 7. The molecule has 0 spiro atoms. The lowest BCUT2D eigenvalue weighted by molar-refractivity contribution is -0.149. The average Bonchev–Trinajstić information content (AvgIpc) is 3.51. The van der Waals surface area contributed by atoms with Crippen LogP contribution in [0.2, 0.25) is 0 Å². The molecule has 1 aliphatic rings. The maximum Gasteiger partial charge on any atom is 0.327 e. The predicted octanol–water partition coefficient (Wildman–Crippen LogP) is 3.06. The summed E-state index contributed by atoms with van der Waals surface area (Å²) in [6.45, 7) is 0.760. The highest BCUT2D eigenvalue weighted by atomic mass is 32.2. The Bertz CT molecular complexity index is 1060. The van der Waals surface area contributed by atoms with Gasteiger partial charge in [-0.25, -0.2) is 30.4 Å². The second-order valence-corrected chi connectivity index (χ2v) is 8.32. The molecule has 1 aromatic carbocycles. The lowest BCUT2D eigenvalue weighted by Gasteiger charge is -2.29. The van der Waals surface area contributed by atoms with E-state index in [2.05, 4.69) is 4.98 Å². The standard InChI is InChI=1S/C18H15F5N2O4S/c1-2-29-17(26)18(5-6-18)25(9-10-4-3-7-24-8-10)30(27,28)16-14(22)12(20)11(19)13(21)15(16)23/h3-4,7-8H,2,5-6,9H2,1H3. The van der Waals surface area contributed by atoms with Gasteiger partial charge in [0, 0.05) is 18.9 Å². The van der Waals surface area contributed by atoms with E-state index in [9.17, 15) is 35.2 Å². The third-order valence-corrected chi connectivity index (χ3v) is 6.56. The Kier molecular flexibility index (Phi) is 5.83. The van der Waals surface area contributed by atoms with E-state index in [1.165, 1.54) is 31.5 Å². The monoisotopic (exact) mass is 450 g/mol. The second kappa shape index (κ2) is 7.91. The molecule has 0 N–H and O–H groups in total. The molecule has 1 aliphatic carbocycles. The fourth-order valence-corrected chi connectivity index (χ4v) is 4.87. The SMILES string of the molecule is CCOC(=O)C1(N(Cc2cccnc2)S(=O)(=O)c2c(F)c(F)c(F)c(F)c2F)CC1. The summed E-state index contributed by atoms with van der Waals surface area (Å²) in [5, 5.41) is 0. The van der Waals surface area contributed by atoms with Gasteiger partial charge in [0.05, 0.1) is 6.61 Å². The Balaban J connectivity index is 2.21. The number of aromatic nitrogens is 1. The van der Waals surface area contributed by atoms with Gasteiger partial charge in [-0.05, 0) is 31.4 Å². The van der Waals surface area contributed by atoms with Gasteiger partial charge in [0.15, 0.2) is 28.2 Å². The van der Waals surface area contributed by atoms with E-state index in [0.717, 1.165) is 0 Å². The average molecular weight is 450 g/mol. The number of ether oxygens (including phenoxy) is 1. The predicted molar refractivity (Wildman–Crippen MR) is 91.8 cm³/mol. The number of esters is 1. The van der Waals surface area contributed by atoms with Crippen molar-refractivity contribution >= 4 is 16.0 Å². The Morgan fingerprint density at radius 1 is 1.10 bits per heavy atom. The van der Waals surface area contributed by atoms with E-state index in [1.807, 2.05) is 0 Å². The molecule has 0 amide bonds. The fourth-order valence-electron chi connectivity index (χ4n) is 2.98. The van der Waals surface area contributed by atoms with Gasteiger partial charge < -0.3 is 4.74 Å². The molecule has 1 fully saturated rings. The van der Waals surface area contributed by atoms with E-state index in [-0.39, 0.29) is 25.0 Å². The minimum Gasteiger partial charge on any atom is -0.465 e. The van der Waals surface area contributed by atoms with Crippen molar-refractivity contribution in [3.05, 3.63) is 59.2 Å². The van der Waals surface area contributed by atoms with Gasteiger partial charge in [-0.2, -0.15) is 4.31 Å². The summed E-state index contributed by atoms with van der Waals surface area (Å²) in [6.07, 6.45) is 2.51. The first-order valence-electron chi connectivity index (χ1n) is 8.68. The Hall–Kier alpha value is -2.60. The lowest BCUT2D eigenvalue weighted by Crippen LogP contribution is -2.48. The number of sulfonamides is 1. The van der Waals surface area contributed by atoms with Crippen LogP contribution in [-0.4, -0.2) is 35.8 Å². The zero-order valence-corrected chi connectivity index (χ0v) is 16.3. The van der Waals surface area contributed by atoms with Crippen LogP contribution in [0.25, 0.3) is 0 Å². The van der Waals surface area contributed by atoms with E-state index in [0.29, 0.717) is 4.31 Å². The molecular formula is C18H15F5N2O4S. The molecule has 6 nitrogen and oxygen atoms in total. The van der Waals surface area contributed by atoms with E-state index in [1.54, 1.807) is 0 Å². The first-order chi connectivity index (χ1) is 14.1. The number of pyridine rings is 1. The van der Waals surface area contributed by atoms with E-state index < -0.39 is 62.1 Å². The number of halogens is 5. The van der Waals surface area contributed by atoms with Crippen LogP contribution >= 0.6 is 0 Å². The van der Waals surface area contributed by atoms with E-state index >= 15 is 0 Å². The van der Waals surface area contributed by atoms with Gasteiger partial charge in [-0.15, -0.1) is 0 Å². The Labute approximate surface area is 168 Å². The first kappa shape index (κ1) is 22.1. The van der Waals surface area contributed by atoms with Crippen molar-refractivity contribution in [2.24, 2.45) is 0 Å². The van der Waals surface area contributed by atoms with Crippen molar-refractivity contribution in [1.29, 1.82) is 0 Å². The van der Waals surface area contributed by atoms with Crippen LogP contribution in [0.5, 0.6) is 0 Å². The highest BCUT2D eigenvalue weighted by Crippen LogP contribution is 2.47. The van der Waals surface area contributed by atoms with Crippen LogP contribution < -0.4 is 0 Å². The maximum absolute atomic E-state index is 14.3. The summed E-state index contributed by atoms with van der Waals surface area (Å²) in [5.41, 5.74) is -1.61. The van der Waals surface area contributed by atoms with E-state index in [4.69, 9.17) is 4.74 Å². The van der Waals surface area contributed by atoms with Crippen molar-refractivity contribution in [1.82, 2.24) is 9.29 Å². The highest BCUT2D eigenvalue weighted by molar-refractivity contribution is 7.89. The third-order valence-electron chi connectivity index (χ3n) is 4.62. The van der Waals surface area contributed by atoms with Crippen LogP contribution in [0.1, 0.15) is 25.3 Å². The molecule has 0 atom stereocenters. The molecule has 12 heteroatoms. The van der Waals surface area contributed by atoms with Gasteiger partial charge in [0.2, 0.25) is 5.82 Å². The van der Waals surface area contributed by atoms with Gasteiger partial charge in [-0.1, -0.05) is 6.07 Å². The van der Waals surface area contributed by atoms with Gasteiger partial charge in [0.1, 0.15) is 5.54 Å². The van der Waals surface area contributed by atoms with Crippen molar-refractivity contribution in [2.45, 2.75) is 36.7 Å². The molecule has 1 aromatic heterocycles. The molecule has 162 valence electrons. The number of benzene rings is 1. The van der Waals surface area contributed by atoms with Gasteiger partial charge in [-0.3, -0.25) is 9.78 Å². The summed E-state index contributed by atoms with van der Waals surface area (Å²) in [7, 11) is -5.37. The van der Waals surface area contributed by atoms with Crippen LogP contribution in [0, 0.1) is 29.1 Å². The number of carbonyl (C=O) groups excluding carboxylic acids is 1. The quantitative estimate of drug-likeness (QED) is 0.281. The Morgan fingerprint density at radius 2 is 1.67 bits per heavy atom. The van der Waals surface area contributed by atoms with Gasteiger partial charge >= 0.3 is 5.97 Å². The minimum atomic E-state index is -5.37. The molecular weight excluding hydrogens is 435 g/mol. The highest BCUT2D eigenvalue weighted by Gasteiger charge is 2.61. The molecule has 0 bridgehead atoms. The summed E-state index contributed by atoms with van der Waals surface area (Å²) in [6, 6.07) is 2.87. The number of nitrogens with zero attached hydrogens (tertiary/aromatic N) is 2. The topological polar surface area (TPSA) is 76.6 Å². The molecule has 2 aromatic rings. The summed E-state index contributed by atoms with van der Waals surface area (Å²) >= 11 is 0. The summed E-state index contributed by atoms with van der Waals surface area (Å²) < 4.78 is 101. The summed E-state index contributed by atoms with van der Waals surface area (Å²) in [5.74, 6) is -13.3. The summed E-state index contributed by atoms with van der Waals surface area (Å²) in [4.78, 5) is 14.2. The molecule has 0 saturated heterocycles. The first-order valence-corrected chi connectivity index (χ1v) is 10.1. The van der Waals surface area contributed by atoms with Crippen molar-refractivity contribution in [3.63, 3.8) is 0 Å². The zero-order valence-electron chi connectivity index (χ0n) is 15.5. The normalized spacial score (nSPS) is 15.3. The van der Waals surface area contributed by atoms with Crippen molar-refractivity contribution < 1.29 is 39.9 Å². The van der Waals surface area contributed by atoms with Crippen LogP contribution in [0.3, 0.4) is 0 Å². The molecule has 1 saturated carbocycles. The minimum absolute atomic E-state index is 0.0548. The Morgan fingerprint density at radius 3 is 2.13 bits per heavy atom. The second-order valence-electron chi connectivity index (χ2n) is 6.52. The van der Waals surface area contributed by atoms with Crippen molar-refractivity contribution in [2.75, 3.05) is 6.61 Å². The molecule has 0 aliphatic heterocycles. The number of hydrogen-bond donors (Lipinski definition) is 0. The molecule has 3 rings (SSSR count). The van der Waals surface area contributed by atoms with Crippen LogP contribution in [0.15, 0.2) is 29.4 Å².